The summed E-state index contributed by atoms with van der Waals surface area (Å²) in [6.07, 6.45) is 6.86. The van der Waals surface area contributed by atoms with Gasteiger partial charge in [-0.15, -0.1) is 0 Å². The van der Waals surface area contributed by atoms with Crippen molar-refractivity contribution < 1.29 is 4.79 Å². The largest absolute Gasteiger partial charge is 0.383 e. The van der Waals surface area contributed by atoms with Gasteiger partial charge >= 0.3 is 0 Å². The summed E-state index contributed by atoms with van der Waals surface area (Å²) >= 11 is 0. The molecule has 4 heteroatoms. The van der Waals surface area contributed by atoms with E-state index in [0.29, 0.717) is 5.69 Å². The van der Waals surface area contributed by atoms with Crippen molar-refractivity contribution in [3.63, 3.8) is 0 Å². The molecule has 2 heterocycles. The van der Waals surface area contributed by atoms with Crippen LogP contribution in [0.25, 0.3) is 5.65 Å². The average molecular weight is 243 g/mol. The quantitative estimate of drug-likeness (QED) is 0.612. The fourth-order valence-electron chi connectivity index (χ4n) is 1.91. The van der Waals surface area contributed by atoms with Crippen molar-refractivity contribution in [2.24, 2.45) is 0 Å². The lowest BCUT2D eigenvalue weighted by molar-refractivity contribution is 0.104. The van der Waals surface area contributed by atoms with E-state index < -0.39 is 0 Å². The van der Waals surface area contributed by atoms with Crippen LogP contribution in [0.5, 0.6) is 0 Å². The highest BCUT2D eigenvalue weighted by Crippen LogP contribution is 2.14. The van der Waals surface area contributed by atoms with Crippen LogP contribution in [-0.2, 0) is 0 Å². The number of carbonyl (C=O) groups is 1. The number of nitrogens with zero attached hydrogens (tertiary/aromatic N) is 3. The van der Waals surface area contributed by atoms with Crippen LogP contribution < -0.4 is 0 Å². The van der Waals surface area contributed by atoms with Crippen LogP contribution in [0, 0.1) is 13.8 Å². The molecule has 2 aromatic rings. The lowest BCUT2D eigenvalue weighted by atomic mass is 10.2. The Kier molecular flexibility index (Phi) is 3.19. The van der Waals surface area contributed by atoms with Crippen molar-refractivity contribution in [2.75, 3.05) is 14.1 Å². The van der Waals surface area contributed by atoms with Gasteiger partial charge < -0.3 is 4.90 Å². The molecule has 0 aromatic carbocycles. The Morgan fingerprint density at radius 3 is 2.78 bits per heavy atom. The first-order valence-electron chi connectivity index (χ1n) is 5.82. The monoisotopic (exact) mass is 243 g/mol. The van der Waals surface area contributed by atoms with Gasteiger partial charge in [-0.1, -0.05) is 6.07 Å². The van der Waals surface area contributed by atoms with E-state index in [0.717, 1.165) is 16.8 Å². The van der Waals surface area contributed by atoms with E-state index in [1.807, 2.05) is 43.4 Å². The van der Waals surface area contributed by atoms with Crippen molar-refractivity contribution in [1.82, 2.24) is 14.3 Å². The van der Waals surface area contributed by atoms with E-state index in [-0.39, 0.29) is 5.78 Å². The van der Waals surface area contributed by atoms with Crippen molar-refractivity contribution in [2.45, 2.75) is 13.8 Å². The second kappa shape index (κ2) is 4.64. The Hall–Kier alpha value is -2.10. The highest BCUT2D eigenvalue weighted by molar-refractivity contribution is 6.03. The number of allylic oxidation sites excluding steroid dienone is 1. The van der Waals surface area contributed by atoms with Crippen LogP contribution in [0.4, 0.5) is 0 Å². The molecule has 0 aliphatic rings. The van der Waals surface area contributed by atoms with Gasteiger partial charge in [0, 0.05) is 32.6 Å². The number of aryl methyl sites for hydroxylation is 2. The van der Waals surface area contributed by atoms with Crippen LogP contribution in [0.1, 0.15) is 21.6 Å². The Bertz CT molecular complexity index is 623. The van der Waals surface area contributed by atoms with Gasteiger partial charge in [-0.05, 0) is 25.0 Å². The molecule has 0 bridgehead atoms. The molecule has 0 fully saturated rings. The summed E-state index contributed by atoms with van der Waals surface area (Å²) in [7, 11) is 3.76. The third-order valence-electron chi connectivity index (χ3n) is 2.70. The van der Waals surface area contributed by atoms with Gasteiger partial charge in [0.15, 0.2) is 0 Å². The molecule has 0 saturated heterocycles. The summed E-state index contributed by atoms with van der Waals surface area (Å²) in [6, 6.07) is 2.06. The molecule has 2 aromatic heterocycles. The van der Waals surface area contributed by atoms with E-state index in [4.69, 9.17) is 0 Å². The fraction of sp³-hybridized carbons (Fsp3) is 0.286. The number of carbonyl (C=O) groups excluding carboxylic acids is 1. The minimum atomic E-state index is -0.0406. The standard InChI is InChI=1S/C14H17N3O/c1-10-7-11(2)14-15-8-12(17(14)9-10)13(18)5-6-16(3)4/h5-9H,1-4H3. The maximum absolute atomic E-state index is 12.1. The number of rotatable bonds is 3. The molecule has 94 valence electrons. The second-order valence-corrected chi connectivity index (χ2v) is 4.68. The van der Waals surface area contributed by atoms with E-state index >= 15 is 0 Å². The highest BCUT2D eigenvalue weighted by atomic mass is 16.1. The molecule has 0 atom stereocenters. The number of hydrogen-bond acceptors (Lipinski definition) is 3. The van der Waals surface area contributed by atoms with E-state index in [2.05, 4.69) is 11.1 Å². The van der Waals surface area contributed by atoms with Crippen LogP contribution in [0.2, 0.25) is 0 Å². The topological polar surface area (TPSA) is 37.6 Å². The van der Waals surface area contributed by atoms with Gasteiger partial charge in [-0.25, -0.2) is 4.98 Å². The molecule has 0 spiro atoms. The first kappa shape index (κ1) is 12.4. The van der Waals surface area contributed by atoms with Crippen molar-refractivity contribution in [3.8, 4) is 0 Å². The molecule has 2 rings (SSSR count). The molecule has 0 saturated carbocycles. The lowest BCUT2D eigenvalue weighted by Crippen LogP contribution is -2.05. The zero-order valence-corrected chi connectivity index (χ0v) is 11.1. The van der Waals surface area contributed by atoms with Crippen LogP contribution in [-0.4, -0.2) is 34.2 Å². The Balaban J connectivity index is 2.49. The van der Waals surface area contributed by atoms with Crippen LogP contribution >= 0.6 is 0 Å². The number of hydrogen-bond donors (Lipinski definition) is 0. The van der Waals surface area contributed by atoms with Gasteiger partial charge in [-0.3, -0.25) is 9.20 Å². The van der Waals surface area contributed by atoms with Gasteiger partial charge in [-0.2, -0.15) is 0 Å². The molecular formula is C14H17N3O. The summed E-state index contributed by atoms with van der Waals surface area (Å²) in [4.78, 5) is 18.2. The van der Waals surface area contributed by atoms with Gasteiger partial charge in [0.2, 0.25) is 5.78 Å². The van der Waals surface area contributed by atoms with Gasteiger partial charge in [0.1, 0.15) is 11.3 Å². The fourth-order valence-corrected chi connectivity index (χ4v) is 1.91. The predicted molar refractivity (Wildman–Crippen MR) is 71.8 cm³/mol. The molecule has 0 radical (unpaired) electrons. The molecule has 18 heavy (non-hydrogen) atoms. The Labute approximate surface area is 107 Å². The predicted octanol–water partition coefficient (Wildman–Crippen LogP) is 2.21. The third-order valence-corrected chi connectivity index (χ3v) is 2.70. The summed E-state index contributed by atoms with van der Waals surface area (Å²) in [5, 5.41) is 0. The van der Waals surface area contributed by atoms with Crippen molar-refractivity contribution in [1.29, 1.82) is 0 Å². The highest BCUT2D eigenvalue weighted by Gasteiger charge is 2.11. The van der Waals surface area contributed by atoms with E-state index in [1.54, 1.807) is 18.5 Å². The molecule has 0 amide bonds. The van der Waals surface area contributed by atoms with Crippen LogP contribution in [0.15, 0.2) is 30.7 Å². The second-order valence-electron chi connectivity index (χ2n) is 4.68. The lowest BCUT2D eigenvalue weighted by Gasteiger charge is -2.04. The summed E-state index contributed by atoms with van der Waals surface area (Å²) < 4.78 is 1.85. The maximum Gasteiger partial charge on any atom is 0.205 e. The molecule has 0 N–H and O–H groups in total. The van der Waals surface area contributed by atoms with Crippen molar-refractivity contribution >= 4 is 11.4 Å². The minimum absolute atomic E-state index is 0.0406. The first-order chi connectivity index (χ1) is 8.49. The smallest absolute Gasteiger partial charge is 0.205 e. The Morgan fingerprint density at radius 1 is 1.39 bits per heavy atom. The molecule has 0 aliphatic carbocycles. The molecular weight excluding hydrogens is 226 g/mol. The number of aromatic nitrogens is 2. The SMILES string of the molecule is Cc1cc(C)c2ncc(C(=O)C=CN(C)C)n2c1. The first-order valence-corrected chi connectivity index (χ1v) is 5.82. The van der Waals surface area contributed by atoms with Gasteiger partial charge in [0.05, 0.1) is 6.20 Å². The average Bonchev–Trinajstić information content (AvgIpc) is 2.69. The summed E-state index contributed by atoms with van der Waals surface area (Å²) in [5.41, 5.74) is 3.62. The molecule has 0 aliphatic heterocycles. The van der Waals surface area contributed by atoms with Crippen LogP contribution in [0.3, 0.4) is 0 Å². The Morgan fingerprint density at radius 2 is 2.11 bits per heavy atom. The zero-order chi connectivity index (χ0) is 13.3. The molecule has 4 nitrogen and oxygen atoms in total. The normalized spacial score (nSPS) is 11.3. The zero-order valence-electron chi connectivity index (χ0n) is 11.1. The number of ketones is 1. The third kappa shape index (κ3) is 2.27. The minimum Gasteiger partial charge on any atom is -0.383 e. The van der Waals surface area contributed by atoms with E-state index in [9.17, 15) is 4.79 Å². The van der Waals surface area contributed by atoms with E-state index in [1.165, 1.54) is 0 Å². The number of imidazole rings is 1. The summed E-state index contributed by atoms with van der Waals surface area (Å²) in [6.45, 7) is 4.01. The van der Waals surface area contributed by atoms with Crippen molar-refractivity contribution in [3.05, 3.63) is 47.6 Å². The number of pyridine rings is 1. The summed E-state index contributed by atoms with van der Waals surface area (Å²) in [5.74, 6) is -0.0406. The maximum atomic E-state index is 12.1. The number of fused-ring (bicyclic) bond motifs is 1. The molecule has 0 unspecified atom stereocenters. The van der Waals surface area contributed by atoms with Gasteiger partial charge in [0.25, 0.3) is 0 Å².